The topological polar surface area (TPSA) is 84.8 Å². The summed E-state index contributed by atoms with van der Waals surface area (Å²) in [6, 6.07) is 21.7. The molecule has 0 saturated carbocycles. The van der Waals surface area contributed by atoms with E-state index in [9.17, 15) is 13.2 Å². The number of rotatable bonds is 6. The van der Waals surface area contributed by atoms with E-state index >= 15 is 0 Å². The van der Waals surface area contributed by atoms with E-state index in [4.69, 9.17) is 4.74 Å². The van der Waals surface area contributed by atoms with Gasteiger partial charge in [0.1, 0.15) is 5.75 Å². The second-order valence-corrected chi connectivity index (χ2v) is 7.60. The number of hydrogen-bond donors (Lipinski definition) is 1. The Kier molecular flexibility index (Phi) is 5.86. The van der Waals surface area contributed by atoms with Crippen LogP contribution in [0.25, 0.3) is 0 Å². The van der Waals surface area contributed by atoms with Crippen LogP contribution in [0.3, 0.4) is 0 Å². The average molecular weight is 394 g/mol. The summed E-state index contributed by atoms with van der Waals surface area (Å²) in [7, 11) is -3.71. The van der Waals surface area contributed by atoms with Crippen LogP contribution in [0.1, 0.15) is 21.5 Å². The highest BCUT2D eigenvalue weighted by Crippen LogP contribution is 2.15. The largest absolute Gasteiger partial charge is 0.423 e. The molecule has 3 aromatic rings. The van der Waals surface area contributed by atoms with Gasteiger partial charge in [-0.3, -0.25) is 0 Å². The first kappa shape index (κ1) is 19.3. The lowest BCUT2D eigenvalue weighted by atomic mass is 10.1. The lowest BCUT2D eigenvalue weighted by Crippen LogP contribution is -2.18. The number of ether oxygens (including phenoxy) is 1. The highest BCUT2D eigenvalue weighted by Gasteiger charge is 2.12. The van der Waals surface area contributed by atoms with Crippen LogP contribution in [0, 0.1) is 6.92 Å². The molecule has 3 aromatic carbocycles. The van der Waals surface area contributed by atoms with Crippen LogP contribution in [0.15, 0.2) is 88.9 Å². The van der Waals surface area contributed by atoms with E-state index in [1.54, 1.807) is 54.6 Å². The highest BCUT2D eigenvalue weighted by atomic mass is 32.2. The van der Waals surface area contributed by atoms with Crippen LogP contribution < -0.4 is 9.57 Å². The van der Waals surface area contributed by atoms with Crippen molar-refractivity contribution in [3.8, 4) is 5.75 Å². The summed E-state index contributed by atoms with van der Waals surface area (Å²) >= 11 is 0. The van der Waals surface area contributed by atoms with Gasteiger partial charge in [0.05, 0.1) is 16.7 Å². The van der Waals surface area contributed by atoms with Crippen molar-refractivity contribution < 1.29 is 17.9 Å². The standard InChI is InChI=1S/C21H18N2O4S/c1-16-7-5-6-10-20(16)21(24)27-18-13-11-17(12-14-18)15-22-23-28(25,26)19-8-3-2-4-9-19/h2-15,23H,1H3/b22-15+. The van der Waals surface area contributed by atoms with E-state index in [1.165, 1.54) is 18.3 Å². The molecule has 0 aliphatic heterocycles. The predicted molar refractivity (Wildman–Crippen MR) is 107 cm³/mol. The molecule has 0 amide bonds. The third-order valence-corrected chi connectivity index (χ3v) is 5.13. The van der Waals surface area contributed by atoms with Gasteiger partial charge >= 0.3 is 5.97 Å². The number of hydrogen-bond acceptors (Lipinski definition) is 5. The Bertz CT molecular complexity index is 1090. The molecule has 0 aliphatic rings. The molecule has 0 aliphatic carbocycles. The Morgan fingerprint density at radius 1 is 0.929 bits per heavy atom. The van der Waals surface area contributed by atoms with Gasteiger partial charge in [-0.05, 0) is 60.5 Å². The lowest BCUT2D eigenvalue weighted by Gasteiger charge is -2.06. The quantitative estimate of drug-likeness (QED) is 0.300. The molecule has 28 heavy (non-hydrogen) atoms. The number of nitrogens with one attached hydrogen (secondary N) is 1. The third-order valence-electron chi connectivity index (χ3n) is 3.90. The zero-order chi connectivity index (χ0) is 20.0. The summed E-state index contributed by atoms with van der Waals surface area (Å²) in [5, 5.41) is 3.77. The van der Waals surface area contributed by atoms with Crippen molar-refractivity contribution in [2.75, 3.05) is 0 Å². The van der Waals surface area contributed by atoms with Crippen LogP contribution in [-0.2, 0) is 10.0 Å². The molecule has 0 fully saturated rings. The van der Waals surface area contributed by atoms with Crippen molar-refractivity contribution in [3.05, 3.63) is 95.6 Å². The fourth-order valence-electron chi connectivity index (χ4n) is 2.41. The van der Waals surface area contributed by atoms with Gasteiger partial charge < -0.3 is 4.74 Å². The Morgan fingerprint density at radius 3 is 2.25 bits per heavy atom. The number of benzene rings is 3. The Labute approximate surface area is 163 Å². The number of hydrazone groups is 1. The molecule has 0 bridgehead atoms. The van der Waals surface area contributed by atoms with E-state index in [0.29, 0.717) is 16.9 Å². The van der Waals surface area contributed by atoms with Crippen LogP contribution >= 0.6 is 0 Å². The molecule has 0 atom stereocenters. The summed E-state index contributed by atoms with van der Waals surface area (Å²) in [6.07, 6.45) is 1.37. The number of sulfonamides is 1. The number of nitrogens with zero attached hydrogens (tertiary/aromatic N) is 1. The molecule has 7 heteroatoms. The first-order valence-corrected chi connectivity index (χ1v) is 9.92. The summed E-state index contributed by atoms with van der Waals surface area (Å²) in [5.41, 5.74) is 1.98. The van der Waals surface area contributed by atoms with Crippen molar-refractivity contribution in [1.82, 2.24) is 4.83 Å². The van der Waals surface area contributed by atoms with Crippen molar-refractivity contribution in [1.29, 1.82) is 0 Å². The fourth-order valence-corrected chi connectivity index (χ4v) is 3.22. The van der Waals surface area contributed by atoms with E-state index in [2.05, 4.69) is 9.93 Å². The Hall–Kier alpha value is -3.45. The molecule has 0 aromatic heterocycles. The maximum atomic E-state index is 12.2. The van der Waals surface area contributed by atoms with Crippen LogP contribution in [0.5, 0.6) is 5.75 Å². The Morgan fingerprint density at radius 2 is 1.57 bits per heavy atom. The van der Waals surface area contributed by atoms with Gasteiger partial charge in [-0.15, -0.1) is 0 Å². The van der Waals surface area contributed by atoms with Crippen LogP contribution in [0.2, 0.25) is 0 Å². The number of aryl methyl sites for hydroxylation is 1. The number of esters is 1. The van der Waals surface area contributed by atoms with E-state index in [0.717, 1.165) is 5.56 Å². The molecule has 6 nitrogen and oxygen atoms in total. The minimum atomic E-state index is -3.71. The Balaban J connectivity index is 1.62. The summed E-state index contributed by atoms with van der Waals surface area (Å²) in [6.45, 7) is 1.84. The van der Waals surface area contributed by atoms with E-state index in [1.807, 2.05) is 19.1 Å². The van der Waals surface area contributed by atoms with Crippen molar-refractivity contribution >= 4 is 22.2 Å². The van der Waals surface area contributed by atoms with Crippen molar-refractivity contribution in [3.63, 3.8) is 0 Å². The molecular formula is C21H18N2O4S. The average Bonchev–Trinajstić information content (AvgIpc) is 2.70. The monoisotopic (exact) mass is 394 g/mol. The van der Waals surface area contributed by atoms with Gasteiger partial charge in [-0.2, -0.15) is 13.5 Å². The molecule has 0 unspecified atom stereocenters. The van der Waals surface area contributed by atoms with Gasteiger partial charge in [-0.25, -0.2) is 9.63 Å². The van der Waals surface area contributed by atoms with E-state index < -0.39 is 16.0 Å². The molecule has 1 N–H and O–H groups in total. The third kappa shape index (κ3) is 4.83. The lowest BCUT2D eigenvalue weighted by molar-refractivity contribution is 0.0734. The predicted octanol–water partition coefficient (Wildman–Crippen LogP) is 3.53. The molecule has 3 rings (SSSR count). The molecule has 0 saturated heterocycles. The zero-order valence-electron chi connectivity index (χ0n) is 15.1. The normalized spacial score (nSPS) is 11.3. The molecule has 0 radical (unpaired) electrons. The first-order chi connectivity index (χ1) is 13.5. The molecule has 0 spiro atoms. The van der Waals surface area contributed by atoms with Crippen molar-refractivity contribution in [2.45, 2.75) is 11.8 Å². The SMILES string of the molecule is Cc1ccccc1C(=O)Oc1ccc(/C=N/NS(=O)(=O)c2ccccc2)cc1. The fraction of sp³-hybridized carbons (Fsp3) is 0.0476. The van der Waals surface area contributed by atoms with Crippen LogP contribution in [0.4, 0.5) is 0 Å². The zero-order valence-corrected chi connectivity index (χ0v) is 15.9. The summed E-state index contributed by atoms with van der Waals surface area (Å²) < 4.78 is 29.5. The molecular weight excluding hydrogens is 376 g/mol. The van der Waals surface area contributed by atoms with Gasteiger partial charge in [0, 0.05) is 0 Å². The number of carbonyl (C=O) groups is 1. The highest BCUT2D eigenvalue weighted by molar-refractivity contribution is 7.89. The first-order valence-electron chi connectivity index (χ1n) is 8.43. The molecule has 0 heterocycles. The van der Waals surface area contributed by atoms with Gasteiger partial charge in [0.2, 0.25) is 0 Å². The van der Waals surface area contributed by atoms with Gasteiger partial charge in [-0.1, -0.05) is 36.4 Å². The second kappa shape index (κ2) is 8.49. The second-order valence-electron chi connectivity index (χ2n) is 5.94. The smallest absolute Gasteiger partial charge is 0.343 e. The van der Waals surface area contributed by atoms with Gasteiger partial charge in [0.15, 0.2) is 0 Å². The van der Waals surface area contributed by atoms with Crippen molar-refractivity contribution in [2.24, 2.45) is 5.10 Å². The van der Waals surface area contributed by atoms with E-state index in [-0.39, 0.29) is 4.90 Å². The summed E-state index contributed by atoms with van der Waals surface area (Å²) in [4.78, 5) is 14.5. The summed E-state index contributed by atoms with van der Waals surface area (Å²) in [5.74, 6) is -0.0505. The maximum absolute atomic E-state index is 12.2. The number of carbonyl (C=O) groups excluding carboxylic acids is 1. The molecule has 142 valence electrons. The maximum Gasteiger partial charge on any atom is 0.343 e. The minimum absolute atomic E-state index is 0.130. The van der Waals surface area contributed by atoms with Crippen LogP contribution in [-0.4, -0.2) is 20.6 Å². The minimum Gasteiger partial charge on any atom is -0.423 e. The van der Waals surface area contributed by atoms with Gasteiger partial charge in [0.25, 0.3) is 10.0 Å².